The molecule has 110 valence electrons. The van der Waals surface area contributed by atoms with Crippen LogP contribution in [0.5, 0.6) is 0 Å². The number of carbonyl (C=O) groups is 1. The molecule has 2 rings (SSSR count). The van der Waals surface area contributed by atoms with Gasteiger partial charge in [-0.3, -0.25) is 10.1 Å². The molecule has 0 aliphatic carbocycles. The van der Waals surface area contributed by atoms with Crippen molar-refractivity contribution >= 4 is 44.6 Å². The largest absolute Gasteiger partial charge is 0.478 e. The fraction of sp³-hybridized carbons (Fsp3) is 0.0833. The Balaban J connectivity index is 2.33. The number of carboxylic acids is 1. The Morgan fingerprint density at radius 1 is 1.48 bits per heavy atom. The number of nitro groups is 1. The molecule has 0 spiro atoms. The quantitative estimate of drug-likeness (QED) is 0.612. The van der Waals surface area contributed by atoms with Crippen molar-refractivity contribution in [2.45, 2.75) is 6.54 Å². The predicted octanol–water partition coefficient (Wildman–Crippen LogP) is 3.87. The number of carboxylic acid groups (broad SMARTS) is 1. The monoisotopic (exact) mass is 374 g/mol. The van der Waals surface area contributed by atoms with Crippen LogP contribution in [-0.2, 0) is 6.54 Å². The van der Waals surface area contributed by atoms with Gasteiger partial charge in [0.1, 0.15) is 11.5 Å². The summed E-state index contributed by atoms with van der Waals surface area (Å²) in [6, 6.07) is 5.17. The number of hydrogen-bond acceptors (Lipinski definition) is 5. The number of thiophene rings is 1. The molecule has 0 atom stereocenters. The van der Waals surface area contributed by atoms with E-state index in [0.29, 0.717) is 6.07 Å². The maximum absolute atomic E-state index is 13.5. The van der Waals surface area contributed by atoms with Crippen LogP contribution in [0.4, 0.5) is 15.8 Å². The first-order chi connectivity index (χ1) is 9.88. The van der Waals surface area contributed by atoms with Crippen LogP contribution in [0.25, 0.3) is 0 Å². The Hall–Kier alpha value is -2.00. The second kappa shape index (κ2) is 6.19. The van der Waals surface area contributed by atoms with E-state index in [4.69, 9.17) is 5.11 Å². The molecule has 0 saturated carbocycles. The third kappa shape index (κ3) is 3.56. The highest BCUT2D eigenvalue weighted by atomic mass is 79.9. The van der Waals surface area contributed by atoms with E-state index < -0.39 is 28.0 Å². The molecule has 2 aromatic rings. The fourth-order valence-corrected chi connectivity index (χ4v) is 3.07. The Kier molecular flexibility index (Phi) is 4.53. The number of nitro benzene ring substituents is 1. The van der Waals surface area contributed by atoms with Gasteiger partial charge in [-0.25, -0.2) is 9.18 Å². The van der Waals surface area contributed by atoms with E-state index in [1.807, 2.05) is 12.1 Å². The normalized spacial score (nSPS) is 10.4. The summed E-state index contributed by atoms with van der Waals surface area (Å²) in [5, 5.41) is 22.5. The van der Waals surface area contributed by atoms with E-state index in [1.54, 1.807) is 0 Å². The van der Waals surface area contributed by atoms with Gasteiger partial charge < -0.3 is 10.4 Å². The number of rotatable bonds is 5. The number of nitrogens with one attached hydrogen (secondary N) is 1. The highest BCUT2D eigenvalue weighted by Gasteiger charge is 2.21. The minimum Gasteiger partial charge on any atom is -0.478 e. The van der Waals surface area contributed by atoms with E-state index in [0.717, 1.165) is 14.7 Å². The minimum atomic E-state index is -1.48. The van der Waals surface area contributed by atoms with Gasteiger partial charge in [0.05, 0.1) is 20.3 Å². The van der Waals surface area contributed by atoms with Crippen LogP contribution < -0.4 is 5.32 Å². The molecule has 0 unspecified atom stereocenters. The Labute approximate surface area is 130 Å². The molecule has 0 aliphatic heterocycles. The molecular formula is C12H8BrFN2O4S. The Morgan fingerprint density at radius 2 is 2.19 bits per heavy atom. The highest BCUT2D eigenvalue weighted by molar-refractivity contribution is 9.11. The molecule has 0 bridgehead atoms. The van der Waals surface area contributed by atoms with Crippen molar-refractivity contribution in [1.29, 1.82) is 0 Å². The topological polar surface area (TPSA) is 92.5 Å². The van der Waals surface area contributed by atoms with Gasteiger partial charge in [-0.05, 0) is 34.1 Å². The molecule has 2 N–H and O–H groups in total. The Bertz CT molecular complexity index is 719. The third-order valence-corrected chi connectivity index (χ3v) is 4.22. The van der Waals surface area contributed by atoms with Crippen LogP contribution in [0.15, 0.2) is 28.1 Å². The van der Waals surface area contributed by atoms with E-state index in [2.05, 4.69) is 21.2 Å². The molecule has 0 radical (unpaired) electrons. The zero-order chi connectivity index (χ0) is 15.6. The predicted molar refractivity (Wildman–Crippen MR) is 79.4 cm³/mol. The molecule has 1 aromatic carbocycles. The van der Waals surface area contributed by atoms with Crippen LogP contribution in [0.3, 0.4) is 0 Å². The van der Waals surface area contributed by atoms with Crippen LogP contribution in [0.1, 0.15) is 15.2 Å². The molecule has 0 saturated heterocycles. The number of hydrogen-bond donors (Lipinski definition) is 2. The molecule has 9 heteroatoms. The SMILES string of the molecule is O=C(O)c1cc(NCc2ccc(Br)s2)c([N+](=O)[O-])cc1F. The van der Waals surface area contributed by atoms with Gasteiger partial charge in [0.15, 0.2) is 0 Å². The van der Waals surface area contributed by atoms with Gasteiger partial charge in [-0.2, -0.15) is 0 Å². The molecule has 1 heterocycles. The Morgan fingerprint density at radius 3 is 2.71 bits per heavy atom. The summed E-state index contributed by atoms with van der Waals surface area (Å²) in [6.45, 7) is 0.266. The fourth-order valence-electron chi connectivity index (χ4n) is 1.65. The smallest absolute Gasteiger partial charge is 0.338 e. The number of benzene rings is 1. The van der Waals surface area contributed by atoms with Crippen LogP contribution in [0.2, 0.25) is 0 Å². The highest BCUT2D eigenvalue weighted by Crippen LogP contribution is 2.29. The van der Waals surface area contributed by atoms with Gasteiger partial charge in [-0.1, -0.05) is 0 Å². The maximum Gasteiger partial charge on any atom is 0.338 e. The van der Waals surface area contributed by atoms with E-state index in [9.17, 15) is 19.3 Å². The number of anilines is 1. The summed E-state index contributed by atoms with van der Waals surface area (Å²) in [5.74, 6) is -2.62. The summed E-state index contributed by atoms with van der Waals surface area (Å²) in [5.41, 5.74) is -1.16. The molecular weight excluding hydrogens is 367 g/mol. The third-order valence-electron chi connectivity index (χ3n) is 2.59. The van der Waals surface area contributed by atoms with Crippen molar-refractivity contribution in [1.82, 2.24) is 0 Å². The molecule has 0 amide bonds. The number of aromatic carboxylic acids is 1. The summed E-state index contributed by atoms with van der Waals surface area (Å²) < 4.78 is 14.4. The second-order valence-electron chi connectivity index (χ2n) is 3.97. The van der Waals surface area contributed by atoms with Crippen LogP contribution in [-0.4, -0.2) is 16.0 Å². The van der Waals surface area contributed by atoms with Crippen molar-refractivity contribution < 1.29 is 19.2 Å². The molecule has 6 nitrogen and oxygen atoms in total. The van der Waals surface area contributed by atoms with Crippen molar-refractivity contribution in [3.63, 3.8) is 0 Å². The van der Waals surface area contributed by atoms with E-state index in [-0.39, 0.29) is 12.2 Å². The first kappa shape index (κ1) is 15.4. The van der Waals surface area contributed by atoms with Crippen molar-refractivity contribution in [2.24, 2.45) is 0 Å². The second-order valence-corrected chi connectivity index (χ2v) is 6.52. The number of halogens is 2. The average molecular weight is 375 g/mol. The first-order valence-electron chi connectivity index (χ1n) is 5.58. The van der Waals surface area contributed by atoms with Gasteiger partial charge in [0.25, 0.3) is 5.69 Å². The lowest BCUT2D eigenvalue weighted by atomic mass is 10.1. The summed E-state index contributed by atoms with van der Waals surface area (Å²) in [7, 11) is 0. The average Bonchev–Trinajstić information content (AvgIpc) is 2.82. The zero-order valence-electron chi connectivity index (χ0n) is 10.3. The summed E-state index contributed by atoms with van der Waals surface area (Å²) in [6.07, 6.45) is 0. The number of nitrogens with zero attached hydrogens (tertiary/aromatic N) is 1. The minimum absolute atomic E-state index is 0.0386. The van der Waals surface area contributed by atoms with Crippen molar-refractivity contribution in [2.75, 3.05) is 5.32 Å². The van der Waals surface area contributed by atoms with Crippen molar-refractivity contribution in [3.8, 4) is 0 Å². The van der Waals surface area contributed by atoms with Crippen molar-refractivity contribution in [3.05, 3.63) is 54.4 Å². The summed E-state index contributed by atoms with van der Waals surface area (Å²) in [4.78, 5) is 21.9. The molecule has 1 aromatic heterocycles. The van der Waals surface area contributed by atoms with Gasteiger partial charge in [0, 0.05) is 11.4 Å². The molecule has 0 aliphatic rings. The van der Waals surface area contributed by atoms with E-state index >= 15 is 0 Å². The lowest BCUT2D eigenvalue weighted by Gasteiger charge is -2.07. The van der Waals surface area contributed by atoms with Crippen LogP contribution in [0, 0.1) is 15.9 Å². The lowest BCUT2D eigenvalue weighted by Crippen LogP contribution is -2.07. The van der Waals surface area contributed by atoms with E-state index in [1.165, 1.54) is 11.3 Å². The molecule has 21 heavy (non-hydrogen) atoms. The zero-order valence-corrected chi connectivity index (χ0v) is 12.7. The van der Waals surface area contributed by atoms with Gasteiger partial charge in [0.2, 0.25) is 0 Å². The first-order valence-corrected chi connectivity index (χ1v) is 7.18. The maximum atomic E-state index is 13.5. The molecule has 0 fully saturated rings. The van der Waals surface area contributed by atoms with Gasteiger partial charge >= 0.3 is 5.97 Å². The van der Waals surface area contributed by atoms with Crippen LogP contribution >= 0.6 is 27.3 Å². The lowest BCUT2D eigenvalue weighted by molar-refractivity contribution is -0.384. The standard InChI is InChI=1S/C12H8BrFN2O4S/c13-11-2-1-6(21-11)5-15-9-3-7(12(17)18)8(14)4-10(9)16(19)20/h1-4,15H,5H2,(H,17,18). The van der Waals surface area contributed by atoms with Gasteiger partial charge in [-0.15, -0.1) is 11.3 Å². The summed E-state index contributed by atoms with van der Waals surface area (Å²) >= 11 is 4.72.